The van der Waals surface area contributed by atoms with Gasteiger partial charge in [0.2, 0.25) is 11.8 Å². The topological polar surface area (TPSA) is 49.4 Å². The van der Waals surface area contributed by atoms with Gasteiger partial charge >= 0.3 is 0 Å². The summed E-state index contributed by atoms with van der Waals surface area (Å²) in [5.41, 5.74) is 0.283. The van der Waals surface area contributed by atoms with Crippen molar-refractivity contribution in [1.82, 2.24) is 4.90 Å². The minimum absolute atomic E-state index is 0.0133. The van der Waals surface area contributed by atoms with E-state index in [4.69, 9.17) is 0 Å². The van der Waals surface area contributed by atoms with E-state index in [2.05, 4.69) is 11.9 Å². The van der Waals surface area contributed by atoms with Crippen LogP contribution in [0.2, 0.25) is 0 Å². The Balaban J connectivity index is 2.10. The van der Waals surface area contributed by atoms with Crippen LogP contribution in [0.25, 0.3) is 0 Å². The molecule has 2 aromatic carbocycles. The minimum atomic E-state index is -0.591. The summed E-state index contributed by atoms with van der Waals surface area (Å²) in [6.45, 7) is 2.93. The molecule has 2 aromatic rings. The maximum atomic E-state index is 13.7. The number of hydrogen-bond acceptors (Lipinski definition) is 2. The molecule has 6 heteroatoms. The number of nitrogens with one attached hydrogen (secondary N) is 1. The van der Waals surface area contributed by atoms with Gasteiger partial charge in [0.05, 0.1) is 5.69 Å². The highest BCUT2D eigenvalue weighted by Crippen LogP contribution is 2.13. The van der Waals surface area contributed by atoms with Crippen LogP contribution in [0.15, 0.2) is 61.2 Å². The maximum Gasteiger partial charge on any atom is 0.246 e. The fourth-order valence-corrected chi connectivity index (χ4v) is 2.10. The number of anilines is 1. The van der Waals surface area contributed by atoms with Crippen LogP contribution in [0.3, 0.4) is 0 Å². The number of rotatable bonds is 6. The molecule has 0 aliphatic rings. The van der Waals surface area contributed by atoms with E-state index in [0.717, 1.165) is 11.0 Å². The first-order chi connectivity index (χ1) is 11.5. The summed E-state index contributed by atoms with van der Waals surface area (Å²) in [5, 5.41) is 2.38. The van der Waals surface area contributed by atoms with Gasteiger partial charge in [-0.2, -0.15) is 0 Å². The zero-order chi connectivity index (χ0) is 17.5. The van der Waals surface area contributed by atoms with Gasteiger partial charge in [0.15, 0.2) is 0 Å². The second kappa shape index (κ2) is 8.01. The van der Waals surface area contributed by atoms with Crippen LogP contribution < -0.4 is 5.32 Å². The predicted molar refractivity (Wildman–Crippen MR) is 87.0 cm³/mol. The number of benzene rings is 2. The van der Waals surface area contributed by atoms with E-state index < -0.39 is 23.4 Å². The van der Waals surface area contributed by atoms with E-state index in [9.17, 15) is 18.4 Å². The van der Waals surface area contributed by atoms with Crippen LogP contribution in [0, 0.1) is 11.6 Å². The molecule has 2 rings (SSSR count). The third-order valence-electron chi connectivity index (χ3n) is 3.29. The Morgan fingerprint density at radius 3 is 2.29 bits per heavy atom. The first-order valence-electron chi connectivity index (χ1n) is 7.20. The van der Waals surface area contributed by atoms with Crippen LogP contribution >= 0.6 is 0 Å². The largest absolute Gasteiger partial charge is 0.325 e. The Hall–Kier alpha value is -3.02. The van der Waals surface area contributed by atoms with Gasteiger partial charge in [0.1, 0.15) is 18.2 Å². The van der Waals surface area contributed by atoms with Crippen molar-refractivity contribution in [1.29, 1.82) is 0 Å². The Bertz CT molecular complexity index is 762. The van der Waals surface area contributed by atoms with E-state index in [1.165, 1.54) is 36.4 Å². The predicted octanol–water partition coefficient (Wildman–Crippen LogP) is 3.12. The molecule has 24 heavy (non-hydrogen) atoms. The lowest BCUT2D eigenvalue weighted by Crippen LogP contribution is -2.36. The molecule has 0 atom stereocenters. The summed E-state index contributed by atoms with van der Waals surface area (Å²) in [6, 6.07) is 11.6. The molecule has 0 heterocycles. The van der Waals surface area contributed by atoms with Gasteiger partial charge in [-0.15, -0.1) is 0 Å². The maximum absolute atomic E-state index is 13.7. The van der Waals surface area contributed by atoms with Crippen molar-refractivity contribution in [2.45, 2.75) is 6.54 Å². The summed E-state index contributed by atoms with van der Waals surface area (Å²) < 4.78 is 27.3. The highest BCUT2D eigenvalue weighted by molar-refractivity contribution is 5.96. The fourth-order valence-electron chi connectivity index (χ4n) is 2.10. The van der Waals surface area contributed by atoms with Crippen molar-refractivity contribution >= 4 is 17.5 Å². The van der Waals surface area contributed by atoms with E-state index in [1.54, 1.807) is 12.1 Å². The molecule has 0 radical (unpaired) electrons. The first-order valence-corrected chi connectivity index (χ1v) is 7.20. The van der Waals surface area contributed by atoms with E-state index in [1.807, 2.05) is 0 Å². The smallest absolute Gasteiger partial charge is 0.246 e. The average Bonchev–Trinajstić information content (AvgIpc) is 2.57. The van der Waals surface area contributed by atoms with Gasteiger partial charge < -0.3 is 10.2 Å². The van der Waals surface area contributed by atoms with E-state index in [-0.39, 0.29) is 24.3 Å². The van der Waals surface area contributed by atoms with Gasteiger partial charge in [-0.05, 0) is 24.3 Å². The van der Waals surface area contributed by atoms with Crippen LogP contribution in [0.4, 0.5) is 14.5 Å². The Morgan fingerprint density at radius 1 is 1.04 bits per heavy atom. The normalized spacial score (nSPS) is 10.1. The molecule has 0 saturated heterocycles. The summed E-state index contributed by atoms with van der Waals surface area (Å²) in [6.07, 6.45) is 1.04. The molecule has 0 unspecified atom stereocenters. The lowest BCUT2D eigenvalue weighted by Gasteiger charge is -2.21. The lowest BCUT2D eigenvalue weighted by molar-refractivity contribution is -0.131. The molecule has 1 N–H and O–H groups in total. The second-order valence-electron chi connectivity index (χ2n) is 5.02. The lowest BCUT2D eigenvalue weighted by atomic mass is 10.2. The molecule has 0 aliphatic heterocycles. The van der Waals surface area contributed by atoms with Crippen molar-refractivity contribution in [3.8, 4) is 0 Å². The molecule has 0 spiro atoms. The molecule has 124 valence electrons. The molecule has 0 saturated carbocycles. The standard InChI is InChI=1S/C18H16F2N2O2/c1-2-18(24)22(11-13-7-3-4-8-14(13)19)12-17(23)21-16-10-6-5-9-15(16)20/h2-10H,1,11-12H2,(H,21,23). The van der Waals surface area contributed by atoms with Crippen molar-refractivity contribution in [2.75, 3.05) is 11.9 Å². The zero-order valence-corrected chi connectivity index (χ0v) is 12.8. The van der Waals surface area contributed by atoms with Crippen LogP contribution in [-0.2, 0) is 16.1 Å². The molecular formula is C18H16F2N2O2. The third kappa shape index (κ3) is 4.49. The number of carbonyl (C=O) groups is 2. The minimum Gasteiger partial charge on any atom is -0.325 e. The van der Waals surface area contributed by atoms with Crippen LogP contribution in [0.5, 0.6) is 0 Å². The van der Waals surface area contributed by atoms with Crippen molar-refractivity contribution < 1.29 is 18.4 Å². The van der Waals surface area contributed by atoms with Gasteiger partial charge in [-0.1, -0.05) is 36.9 Å². The van der Waals surface area contributed by atoms with E-state index in [0.29, 0.717) is 0 Å². The molecule has 2 amide bonds. The summed E-state index contributed by atoms with van der Waals surface area (Å²) >= 11 is 0. The summed E-state index contributed by atoms with van der Waals surface area (Å²) in [5.74, 6) is -2.18. The molecular weight excluding hydrogens is 314 g/mol. The molecule has 4 nitrogen and oxygen atoms in total. The fraction of sp³-hybridized carbons (Fsp3) is 0.111. The highest BCUT2D eigenvalue weighted by Gasteiger charge is 2.17. The highest BCUT2D eigenvalue weighted by atomic mass is 19.1. The van der Waals surface area contributed by atoms with E-state index >= 15 is 0 Å². The summed E-state index contributed by atoms with van der Waals surface area (Å²) in [4.78, 5) is 25.1. The van der Waals surface area contributed by atoms with Crippen LogP contribution in [-0.4, -0.2) is 23.3 Å². The van der Waals surface area contributed by atoms with Gasteiger partial charge in [0, 0.05) is 12.1 Å². The van der Waals surface area contributed by atoms with Gasteiger partial charge in [0.25, 0.3) is 0 Å². The third-order valence-corrected chi connectivity index (χ3v) is 3.29. The van der Waals surface area contributed by atoms with Gasteiger partial charge in [-0.3, -0.25) is 9.59 Å². The Labute approximate surface area is 138 Å². The SMILES string of the molecule is C=CC(=O)N(CC(=O)Nc1ccccc1F)Cc1ccccc1F. The van der Waals surface area contributed by atoms with Crippen LogP contribution in [0.1, 0.15) is 5.56 Å². The molecule has 0 fully saturated rings. The quantitative estimate of drug-likeness (QED) is 0.828. The van der Waals surface area contributed by atoms with Crippen molar-refractivity contribution in [3.05, 3.63) is 78.4 Å². The van der Waals surface area contributed by atoms with Crippen molar-refractivity contribution in [2.24, 2.45) is 0 Å². The number of carbonyl (C=O) groups excluding carboxylic acids is 2. The molecule has 0 aliphatic carbocycles. The van der Waals surface area contributed by atoms with Crippen molar-refractivity contribution in [3.63, 3.8) is 0 Å². The number of amides is 2. The average molecular weight is 330 g/mol. The second-order valence-corrected chi connectivity index (χ2v) is 5.02. The zero-order valence-electron chi connectivity index (χ0n) is 12.8. The number of nitrogens with zero attached hydrogens (tertiary/aromatic N) is 1. The molecule has 0 bridgehead atoms. The first kappa shape index (κ1) is 17.3. The Morgan fingerprint density at radius 2 is 1.67 bits per heavy atom. The summed E-state index contributed by atoms with van der Waals surface area (Å²) in [7, 11) is 0. The number of hydrogen-bond donors (Lipinski definition) is 1. The number of para-hydroxylation sites is 1. The molecule has 0 aromatic heterocycles. The Kier molecular flexibility index (Phi) is 5.78. The number of halogens is 2. The van der Waals surface area contributed by atoms with Gasteiger partial charge in [-0.25, -0.2) is 8.78 Å². The monoisotopic (exact) mass is 330 g/mol.